The van der Waals surface area contributed by atoms with E-state index in [1.807, 2.05) is 17.5 Å². The summed E-state index contributed by atoms with van der Waals surface area (Å²) in [6, 6.07) is 12.2. The van der Waals surface area contributed by atoms with Crippen LogP contribution in [-0.4, -0.2) is 15.1 Å². The average molecular weight is 393 g/mol. The summed E-state index contributed by atoms with van der Waals surface area (Å²) in [6.45, 7) is 0. The lowest BCUT2D eigenvalue weighted by molar-refractivity contribution is -0.145. The molecule has 1 aromatic carbocycles. The lowest BCUT2D eigenvalue weighted by atomic mass is 10.2. The van der Waals surface area contributed by atoms with Gasteiger partial charge in [0.05, 0.1) is 16.1 Å². The van der Waals surface area contributed by atoms with E-state index in [4.69, 9.17) is 4.52 Å². The van der Waals surface area contributed by atoms with Crippen LogP contribution in [0.15, 0.2) is 57.4 Å². The number of hydrogen-bond donors (Lipinski definition) is 0. The number of thioether (sulfide) groups is 1. The molecule has 0 spiro atoms. The lowest BCUT2D eigenvalue weighted by Crippen LogP contribution is -2.11. The summed E-state index contributed by atoms with van der Waals surface area (Å²) in [6.07, 6.45) is -4.60. The zero-order valence-corrected chi connectivity index (χ0v) is 14.7. The molecule has 0 aliphatic carbocycles. The maximum absolute atomic E-state index is 13.1. The summed E-state index contributed by atoms with van der Waals surface area (Å²) in [5, 5.41) is 6.76. The van der Waals surface area contributed by atoms with E-state index in [0.29, 0.717) is 22.6 Å². The van der Waals surface area contributed by atoms with Gasteiger partial charge in [-0.3, -0.25) is 0 Å². The molecule has 0 unspecified atom stereocenters. The number of benzene rings is 1. The molecule has 132 valence electrons. The Morgan fingerprint density at radius 3 is 2.69 bits per heavy atom. The standard InChI is InChI=1S/C17H10F3N3OS2/c18-17(19,20)16-21-12-5-2-1-4-11(12)15(22-16)26-9-10-8-13(24-23-10)14-6-3-7-25-14/h1-8H,9H2. The molecule has 9 heteroatoms. The Kier molecular flexibility index (Phi) is 4.41. The SMILES string of the molecule is FC(F)(F)c1nc(SCc2cc(-c3cccs3)on2)c2ccccc2n1. The molecule has 4 nitrogen and oxygen atoms in total. The smallest absolute Gasteiger partial charge is 0.355 e. The van der Waals surface area contributed by atoms with Gasteiger partial charge >= 0.3 is 6.18 Å². The van der Waals surface area contributed by atoms with Gasteiger partial charge in [0.15, 0.2) is 5.76 Å². The Morgan fingerprint density at radius 1 is 1.08 bits per heavy atom. The van der Waals surface area contributed by atoms with Crippen LogP contribution < -0.4 is 0 Å². The second-order valence-corrected chi connectivity index (χ2v) is 7.23. The largest absolute Gasteiger partial charge is 0.451 e. The zero-order valence-electron chi connectivity index (χ0n) is 13.0. The summed E-state index contributed by atoms with van der Waals surface area (Å²) in [5.74, 6) is -0.162. The molecule has 4 rings (SSSR count). The van der Waals surface area contributed by atoms with Crippen LogP contribution in [0.4, 0.5) is 13.2 Å². The van der Waals surface area contributed by atoms with E-state index >= 15 is 0 Å². The minimum atomic E-state index is -4.60. The van der Waals surface area contributed by atoms with Crippen molar-refractivity contribution in [3.05, 3.63) is 59.4 Å². The Morgan fingerprint density at radius 2 is 1.92 bits per heavy atom. The van der Waals surface area contributed by atoms with E-state index in [1.165, 1.54) is 23.1 Å². The highest BCUT2D eigenvalue weighted by Crippen LogP contribution is 2.34. The zero-order chi connectivity index (χ0) is 18.1. The Hall–Kier alpha value is -2.39. The summed E-state index contributed by atoms with van der Waals surface area (Å²) in [4.78, 5) is 8.28. The number of fused-ring (bicyclic) bond motifs is 1. The van der Waals surface area contributed by atoms with E-state index in [9.17, 15) is 13.2 Å². The van der Waals surface area contributed by atoms with Crippen LogP contribution in [0.25, 0.3) is 21.5 Å². The highest BCUT2D eigenvalue weighted by molar-refractivity contribution is 7.98. The van der Waals surface area contributed by atoms with Gasteiger partial charge in [-0.2, -0.15) is 13.2 Å². The first-order chi connectivity index (χ1) is 12.5. The number of para-hydroxylation sites is 1. The molecule has 0 saturated carbocycles. The molecule has 0 amide bonds. The van der Waals surface area contributed by atoms with Gasteiger partial charge in [-0.05, 0) is 17.5 Å². The van der Waals surface area contributed by atoms with Crippen molar-refractivity contribution in [2.75, 3.05) is 0 Å². The first kappa shape index (κ1) is 17.0. The predicted octanol–water partition coefficient (Wildman–Crippen LogP) is 5.66. The van der Waals surface area contributed by atoms with Gasteiger partial charge in [-0.25, -0.2) is 9.97 Å². The molecular formula is C17H10F3N3OS2. The van der Waals surface area contributed by atoms with Gasteiger partial charge in [0.1, 0.15) is 5.03 Å². The van der Waals surface area contributed by atoms with Crippen LogP contribution >= 0.6 is 23.1 Å². The van der Waals surface area contributed by atoms with Gasteiger partial charge < -0.3 is 4.52 Å². The molecule has 0 saturated heterocycles. The molecule has 0 bridgehead atoms. The Labute approximate surface area is 154 Å². The third-order valence-corrected chi connectivity index (χ3v) is 5.41. The molecule has 0 fully saturated rings. The van der Waals surface area contributed by atoms with Crippen molar-refractivity contribution in [3.8, 4) is 10.6 Å². The van der Waals surface area contributed by atoms with Crippen molar-refractivity contribution in [1.29, 1.82) is 0 Å². The van der Waals surface area contributed by atoms with Gasteiger partial charge in [0, 0.05) is 17.2 Å². The summed E-state index contributed by atoms with van der Waals surface area (Å²) >= 11 is 2.70. The van der Waals surface area contributed by atoms with Crippen LogP contribution in [0.2, 0.25) is 0 Å². The molecule has 3 heterocycles. The third-order valence-electron chi connectivity index (χ3n) is 3.50. The Bertz CT molecular complexity index is 1050. The van der Waals surface area contributed by atoms with E-state index in [0.717, 1.165) is 4.88 Å². The average Bonchev–Trinajstić information content (AvgIpc) is 3.30. The van der Waals surface area contributed by atoms with E-state index in [-0.39, 0.29) is 10.5 Å². The summed E-state index contributed by atoms with van der Waals surface area (Å²) in [7, 11) is 0. The highest BCUT2D eigenvalue weighted by atomic mass is 32.2. The maximum Gasteiger partial charge on any atom is 0.451 e. The number of rotatable bonds is 4. The minimum absolute atomic E-state index is 0.261. The molecule has 0 atom stereocenters. The monoisotopic (exact) mass is 393 g/mol. The van der Waals surface area contributed by atoms with Crippen molar-refractivity contribution >= 4 is 34.0 Å². The van der Waals surface area contributed by atoms with Gasteiger partial charge in [0.25, 0.3) is 0 Å². The van der Waals surface area contributed by atoms with Gasteiger partial charge in [-0.15, -0.1) is 11.3 Å². The molecular weight excluding hydrogens is 383 g/mol. The molecule has 4 aromatic rings. The van der Waals surface area contributed by atoms with Crippen molar-refractivity contribution in [3.63, 3.8) is 0 Å². The number of hydrogen-bond acceptors (Lipinski definition) is 6. The normalized spacial score (nSPS) is 12.0. The fourth-order valence-electron chi connectivity index (χ4n) is 2.34. The van der Waals surface area contributed by atoms with Crippen molar-refractivity contribution < 1.29 is 17.7 Å². The van der Waals surface area contributed by atoms with Gasteiger partial charge in [-0.1, -0.05) is 41.2 Å². The van der Waals surface area contributed by atoms with Crippen molar-refractivity contribution in [2.24, 2.45) is 0 Å². The van der Waals surface area contributed by atoms with E-state index in [2.05, 4.69) is 15.1 Å². The lowest BCUT2D eigenvalue weighted by Gasteiger charge is -2.09. The van der Waals surface area contributed by atoms with Crippen LogP contribution in [0.5, 0.6) is 0 Å². The van der Waals surface area contributed by atoms with Crippen LogP contribution in [0.1, 0.15) is 11.5 Å². The van der Waals surface area contributed by atoms with Crippen molar-refractivity contribution in [1.82, 2.24) is 15.1 Å². The minimum Gasteiger partial charge on any atom is -0.355 e. The number of nitrogens with zero attached hydrogens (tertiary/aromatic N) is 3. The van der Waals surface area contributed by atoms with E-state index in [1.54, 1.807) is 30.3 Å². The number of halogens is 3. The molecule has 0 aliphatic rings. The predicted molar refractivity (Wildman–Crippen MR) is 93.9 cm³/mol. The van der Waals surface area contributed by atoms with Crippen LogP contribution in [0, 0.1) is 0 Å². The van der Waals surface area contributed by atoms with Crippen LogP contribution in [0.3, 0.4) is 0 Å². The fraction of sp³-hybridized carbons (Fsp3) is 0.118. The van der Waals surface area contributed by atoms with Crippen LogP contribution in [-0.2, 0) is 11.9 Å². The number of aromatic nitrogens is 3. The molecule has 0 aliphatic heterocycles. The topological polar surface area (TPSA) is 51.8 Å². The second kappa shape index (κ2) is 6.73. The number of thiophene rings is 1. The first-order valence-corrected chi connectivity index (χ1v) is 9.33. The maximum atomic E-state index is 13.1. The molecule has 26 heavy (non-hydrogen) atoms. The highest BCUT2D eigenvalue weighted by Gasteiger charge is 2.35. The number of alkyl halides is 3. The quantitative estimate of drug-likeness (QED) is 0.331. The Balaban J connectivity index is 1.62. The molecule has 3 aromatic heterocycles. The summed E-state index contributed by atoms with van der Waals surface area (Å²) < 4.78 is 44.5. The molecule has 0 N–H and O–H groups in total. The second-order valence-electron chi connectivity index (χ2n) is 5.32. The first-order valence-electron chi connectivity index (χ1n) is 7.47. The summed E-state index contributed by atoms with van der Waals surface area (Å²) in [5.41, 5.74) is 0.895. The molecule has 0 radical (unpaired) electrons. The van der Waals surface area contributed by atoms with E-state index < -0.39 is 12.0 Å². The third kappa shape index (κ3) is 3.45. The van der Waals surface area contributed by atoms with Gasteiger partial charge in [0.2, 0.25) is 5.82 Å². The fourth-order valence-corrected chi connectivity index (χ4v) is 3.91. The van der Waals surface area contributed by atoms with Crippen molar-refractivity contribution in [2.45, 2.75) is 17.0 Å².